The van der Waals surface area contributed by atoms with Crippen LogP contribution in [0.15, 0.2) is 65.6 Å². The molecule has 1 aliphatic rings. The van der Waals surface area contributed by atoms with Gasteiger partial charge in [-0.3, -0.25) is 4.72 Å². The normalized spacial score (nSPS) is 16.7. The van der Waals surface area contributed by atoms with Crippen LogP contribution in [0.1, 0.15) is 30.9 Å². The molecule has 1 fully saturated rings. The first-order chi connectivity index (χ1) is 15.3. The number of nitrogens with one attached hydrogen (secondary N) is 1. The number of hydrogen-bond donors (Lipinski definition) is 2. The van der Waals surface area contributed by atoms with Crippen molar-refractivity contribution >= 4 is 38.3 Å². The minimum atomic E-state index is -3.86. The van der Waals surface area contributed by atoms with Gasteiger partial charge in [-0.15, -0.1) is 0 Å². The van der Waals surface area contributed by atoms with Crippen molar-refractivity contribution in [2.45, 2.75) is 30.2 Å². The number of sulfonamides is 1. The molecule has 0 aromatic heterocycles. The maximum absolute atomic E-state index is 13.3. The Morgan fingerprint density at radius 2 is 1.78 bits per heavy atom. The number of anilines is 2. The molecule has 7 nitrogen and oxygen atoms in total. The van der Waals surface area contributed by atoms with Crippen LogP contribution in [0.25, 0.3) is 10.8 Å². The molecule has 1 heterocycles. The summed E-state index contributed by atoms with van der Waals surface area (Å²) in [4.78, 5) is 15.5. The molecule has 1 aliphatic heterocycles. The Kier molecular flexibility index (Phi) is 5.97. The second kappa shape index (κ2) is 8.70. The van der Waals surface area contributed by atoms with Crippen LogP contribution in [0.4, 0.5) is 16.2 Å². The van der Waals surface area contributed by atoms with Crippen LogP contribution in [-0.4, -0.2) is 45.2 Å². The number of carbonyl (C=O) groups is 1. The van der Waals surface area contributed by atoms with Gasteiger partial charge in [0.1, 0.15) is 0 Å². The van der Waals surface area contributed by atoms with E-state index in [-0.39, 0.29) is 10.9 Å². The predicted molar refractivity (Wildman–Crippen MR) is 127 cm³/mol. The minimum Gasteiger partial charge on any atom is -0.465 e. The van der Waals surface area contributed by atoms with Crippen molar-refractivity contribution in [2.75, 3.05) is 30.3 Å². The molecule has 0 unspecified atom stereocenters. The lowest BCUT2D eigenvalue weighted by molar-refractivity contribution is 0.107. The smallest absolute Gasteiger partial charge is 0.407 e. The molecule has 3 aromatic carbocycles. The van der Waals surface area contributed by atoms with E-state index in [0.717, 1.165) is 29.5 Å². The molecule has 0 spiro atoms. The number of hydrogen-bond acceptors (Lipinski definition) is 4. The van der Waals surface area contributed by atoms with Gasteiger partial charge >= 0.3 is 6.09 Å². The fourth-order valence-corrected chi connectivity index (χ4v) is 5.74. The van der Waals surface area contributed by atoms with Gasteiger partial charge in [-0.2, -0.15) is 0 Å². The lowest BCUT2D eigenvalue weighted by Crippen LogP contribution is -2.37. The Labute approximate surface area is 188 Å². The Balaban J connectivity index is 1.92. The third-order valence-corrected chi connectivity index (χ3v) is 7.36. The largest absolute Gasteiger partial charge is 0.465 e. The van der Waals surface area contributed by atoms with Crippen LogP contribution in [0.5, 0.6) is 0 Å². The number of benzene rings is 3. The highest BCUT2D eigenvalue weighted by atomic mass is 32.2. The van der Waals surface area contributed by atoms with E-state index in [1.54, 1.807) is 42.5 Å². The van der Waals surface area contributed by atoms with Crippen LogP contribution in [-0.2, 0) is 10.0 Å². The van der Waals surface area contributed by atoms with Crippen molar-refractivity contribution in [1.29, 1.82) is 0 Å². The second-order valence-electron chi connectivity index (χ2n) is 8.21. The summed E-state index contributed by atoms with van der Waals surface area (Å²) in [6, 6.07) is 17.4. The van der Waals surface area contributed by atoms with Crippen molar-refractivity contribution in [1.82, 2.24) is 4.90 Å². The first-order valence-corrected chi connectivity index (χ1v) is 12.1. The number of amides is 1. The number of carboxylic acid groups (broad SMARTS) is 1. The Morgan fingerprint density at radius 3 is 2.47 bits per heavy atom. The van der Waals surface area contributed by atoms with E-state index in [2.05, 4.69) is 4.72 Å². The zero-order valence-electron chi connectivity index (χ0n) is 18.2. The summed E-state index contributed by atoms with van der Waals surface area (Å²) in [5.41, 5.74) is 2.17. The first kappa shape index (κ1) is 22.0. The molecule has 1 amide bonds. The number of rotatable bonds is 5. The SMILES string of the molecule is CN(C)c1cccc2c(S(=O)(=O)Nc3ccccc3)ccc([C@@H]3CCCCN3C(=O)O)c12. The molecular weight excluding hydrogens is 426 g/mol. The molecule has 2 N–H and O–H groups in total. The highest BCUT2D eigenvalue weighted by Gasteiger charge is 2.31. The third-order valence-electron chi connectivity index (χ3n) is 5.92. The first-order valence-electron chi connectivity index (χ1n) is 10.6. The summed E-state index contributed by atoms with van der Waals surface area (Å²) in [5, 5.41) is 11.1. The highest BCUT2D eigenvalue weighted by Crippen LogP contribution is 2.41. The average molecular weight is 454 g/mol. The van der Waals surface area contributed by atoms with E-state index in [9.17, 15) is 18.3 Å². The average Bonchev–Trinajstić information content (AvgIpc) is 2.78. The predicted octanol–water partition coefficient (Wildman–Crippen LogP) is 4.91. The maximum Gasteiger partial charge on any atom is 0.407 e. The van der Waals surface area contributed by atoms with Crippen molar-refractivity contribution < 1.29 is 18.3 Å². The van der Waals surface area contributed by atoms with Crippen molar-refractivity contribution in [3.63, 3.8) is 0 Å². The number of piperidine rings is 1. The van der Waals surface area contributed by atoms with Crippen molar-refractivity contribution in [3.05, 3.63) is 66.2 Å². The molecule has 32 heavy (non-hydrogen) atoms. The molecule has 4 rings (SSSR count). The summed E-state index contributed by atoms with van der Waals surface area (Å²) in [5.74, 6) is 0. The standard InChI is InChI=1S/C24H27N3O4S/c1-26(2)21-13-8-11-19-22(32(30,31)25-17-9-4-3-5-10-17)15-14-18(23(19)21)20-12-6-7-16-27(20)24(28)29/h3-5,8-11,13-15,20,25H,6-7,12,16H2,1-2H3,(H,28,29)/t20-/m0/s1. The van der Waals surface area contributed by atoms with Crippen LogP contribution in [0.3, 0.4) is 0 Å². The fraction of sp³-hybridized carbons (Fsp3) is 0.292. The van der Waals surface area contributed by atoms with E-state index in [0.29, 0.717) is 24.0 Å². The second-order valence-corrected chi connectivity index (χ2v) is 9.86. The fourth-order valence-electron chi connectivity index (χ4n) is 4.47. The molecule has 1 atom stereocenters. The topological polar surface area (TPSA) is 90.0 Å². The summed E-state index contributed by atoms with van der Waals surface area (Å²) in [6.07, 6.45) is 1.51. The van der Waals surface area contributed by atoms with E-state index >= 15 is 0 Å². The summed E-state index contributed by atoms with van der Waals surface area (Å²) in [7, 11) is -0.0570. The molecule has 1 saturated heterocycles. The number of nitrogens with zero attached hydrogens (tertiary/aromatic N) is 2. The Hall–Kier alpha value is -3.26. The van der Waals surface area contributed by atoms with Crippen LogP contribution in [0.2, 0.25) is 0 Å². The van der Waals surface area contributed by atoms with Gasteiger partial charge in [-0.1, -0.05) is 36.4 Å². The molecule has 3 aromatic rings. The van der Waals surface area contributed by atoms with E-state index in [4.69, 9.17) is 0 Å². The quantitative estimate of drug-likeness (QED) is 0.573. The van der Waals surface area contributed by atoms with Crippen LogP contribution < -0.4 is 9.62 Å². The van der Waals surface area contributed by atoms with Gasteiger partial charge in [0, 0.05) is 42.8 Å². The van der Waals surface area contributed by atoms with E-state index in [1.165, 1.54) is 4.90 Å². The van der Waals surface area contributed by atoms with Gasteiger partial charge in [-0.25, -0.2) is 13.2 Å². The van der Waals surface area contributed by atoms with Crippen LogP contribution in [0, 0.1) is 0 Å². The summed E-state index contributed by atoms with van der Waals surface area (Å²) >= 11 is 0. The maximum atomic E-state index is 13.3. The van der Waals surface area contributed by atoms with Gasteiger partial charge in [0.05, 0.1) is 10.9 Å². The minimum absolute atomic E-state index is 0.168. The lowest BCUT2D eigenvalue weighted by atomic mass is 9.90. The molecule has 8 heteroatoms. The van der Waals surface area contributed by atoms with Gasteiger partial charge in [0.15, 0.2) is 0 Å². The van der Waals surface area contributed by atoms with E-state index < -0.39 is 16.1 Å². The molecule has 0 bridgehead atoms. The van der Waals surface area contributed by atoms with Crippen molar-refractivity contribution in [2.24, 2.45) is 0 Å². The zero-order valence-corrected chi connectivity index (χ0v) is 19.0. The molecule has 0 radical (unpaired) electrons. The lowest BCUT2D eigenvalue weighted by Gasteiger charge is -2.35. The third kappa shape index (κ3) is 4.10. The number of para-hydroxylation sites is 1. The summed E-state index contributed by atoms with van der Waals surface area (Å²) < 4.78 is 29.3. The zero-order chi connectivity index (χ0) is 22.9. The molecule has 0 aliphatic carbocycles. The van der Waals surface area contributed by atoms with Gasteiger partial charge < -0.3 is 14.9 Å². The van der Waals surface area contributed by atoms with E-state index in [1.807, 2.05) is 37.2 Å². The van der Waals surface area contributed by atoms with Gasteiger partial charge in [0.25, 0.3) is 10.0 Å². The number of likely N-dealkylation sites (tertiary alicyclic amines) is 1. The van der Waals surface area contributed by atoms with Crippen molar-refractivity contribution in [3.8, 4) is 0 Å². The van der Waals surface area contributed by atoms with Gasteiger partial charge in [-0.05, 0) is 49.1 Å². The Morgan fingerprint density at radius 1 is 1.03 bits per heavy atom. The highest BCUT2D eigenvalue weighted by molar-refractivity contribution is 7.93. The van der Waals surface area contributed by atoms with Gasteiger partial charge in [0.2, 0.25) is 0 Å². The number of fused-ring (bicyclic) bond motifs is 1. The van der Waals surface area contributed by atoms with Crippen LogP contribution >= 0.6 is 0 Å². The molecular formula is C24H27N3O4S. The summed E-state index contributed by atoms with van der Waals surface area (Å²) in [6.45, 7) is 0.473. The molecule has 168 valence electrons. The monoisotopic (exact) mass is 453 g/mol. The Bertz CT molecular complexity index is 1240. The molecule has 0 saturated carbocycles.